The van der Waals surface area contributed by atoms with E-state index in [0.29, 0.717) is 22.5 Å². The van der Waals surface area contributed by atoms with Crippen molar-refractivity contribution in [2.75, 3.05) is 5.32 Å². The van der Waals surface area contributed by atoms with Crippen LogP contribution in [-0.2, 0) is 26.2 Å². The lowest BCUT2D eigenvalue weighted by atomic mass is 9.98. The number of rotatable bonds is 5. The lowest BCUT2D eigenvalue weighted by Gasteiger charge is -2.35. The molecular formula is C29H28BrF3N6O2. The van der Waals surface area contributed by atoms with Gasteiger partial charge in [0.2, 0.25) is 5.95 Å². The van der Waals surface area contributed by atoms with Crippen molar-refractivity contribution in [1.29, 1.82) is 0 Å². The Labute approximate surface area is 242 Å². The van der Waals surface area contributed by atoms with Gasteiger partial charge < -0.3 is 14.8 Å². The summed E-state index contributed by atoms with van der Waals surface area (Å²) in [6.45, 7) is 9.35. The molecule has 0 saturated heterocycles. The molecule has 1 aliphatic rings. The van der Waals surface area contributed by atoms with Crippen LogP contribution >= 0.6 is 15.9 Å². The summed E-state index contributed by atoms with van der Waals surface area (Å²) < 4.78 is 43.7. The summed E-state index contributed by atoms with van der Waals surface area (Å²) >= 11 is 2.92. The van der Waals surface area contributed by atoms with E-state index in [0.717, 1.165) is 11.6 Å². The number of nitrogens with one attached hydrogen (secondary N) is 1. The fourth-order valence-electron chi connectivity index (χ4n) is 4.90. The van der Waals surface area contributed by atoms with Crippen LogP contribution in [0.15, 0.2) is 64.6 Å². The first-order valence-electron chi connectivity index (χ1n) is 12.9. The van der Waals surface area contributed by atoms with Gasteiger partial charge in [-0.05, 0) is 63.6 Å². The second-order valence-electron chi connectivity index (χ2n) is 10.8. The van der Waals surface area contributed by atoms with Gasteiger partial charge in [0, 0.05) is 28.7 Å². The molecular weight excluding hydrogens is 601 g/mol. The number of fused-ring (bicyclic) bond motifs is 2. The fraction of sp³-hybridized carbons (Fsp3) is 0.310. The molecule has 0 bridgehead atoms. The van der Waals surface area contributed by atoms with Gasteiger partial charge in [0.25, 0.3) is 11.5 Å². The molecule has 1 unspecified atom stereocenters. The molecule has 214 valence electrons. The number of anilines is 1. The highest BCUT2D eigenvalue weighted by Crippen LogP contribution is 2.36. The largest absolute Gasteiger partial charge is 0.417 e. The molecule has 3 heterocycles. The van der Waals surface area contributed by atoms with E-state index in [1.54, 1.807) is 19.3 Å². The summed E-state index contributed by atoms with van der Waals surface area (Å²) in [6, 6.07) is 8.45. The highest BCUT2D eigenvalue weighted by molar-refractivity contribution is 9.10. The number of carbonyl (C=O) groups is 1. The van der Waals surface area contributed by atoms with Gasteiger partial charge in [-0.1, -0.05) is 22.0 Å². The van der Waals surface area contributed by atoms with Gasteiger partial charge in [0.05, 0.1) is 46.4 Å². The quantitative estimate of drug-likeness (QED) is 0.280. The first-order valence-corrected chi connectivity index (χ1v) is 13.6. The summed E-state index contributed by atoms with van der Waals surface area (Å²) in [7, 11) is 1.88. The molecule has 1 N–H and O–H groups in total. The van der Waals surface area contributed by atoms with Crippen molar-refractivity contribution < 1.29 is 18.0 Å². The summed E-state index contributed by atoms with van der Waals surface area (Å²) in [6.07, 6.45) is -1.06. The van der Waals surface area contributed by atoms with E-state index in [-0.39, 0.29) is 34.5 Å². The number of benzene rings is 2. The zero-order valence-corrected chi connectivity index (χ0v) is 24.5. The van der Waals surface area contributed by atoms with E-state index in [1.165, 1.54) is 21.6 Å². The Morgan fingerprint density at radius 2 is 1.93 bits per heavy atom. The van der Waals surface area contributed by atoms with Crippen LogP contribution in [0.25, 0.3) is 16.7 Å². The summed E-state index contributed by atoms with van der Waals surface area (Å²) in [5.41, 5.74) is 1.03. The van der Waals surface area contributed by atoms with Gasteiger partial charge in [0.1, 0.15) is 0 Å². The third kappa shape index (κ3) is 5.28. The molecule has 41 heavy (non-hydrogen) atoms. The third-order valence-corrected chi connectivity index (χ3v) is 8.00. The van der Waals surface area contributed by atoms with Crippen molar-refractivity contribution in [2.24, 2.45) is 7.05 Å². The average molecular weight is 629 g/mol. The number of nitrogens with zero attached hydrogens (tertiary/aromatic N) is 5. The number of aromatic nitrogens is 4. The maximum atomic E-state index is 14.0. The molecule has 1 atom stereocenters. The summed E-state index contributed by atoms with van der Waals surface area (Å²) in [5, 5.41) is 3.27. The first-order chi connectivity index (χ1) is 19.2. The molecule has 2 aromatic carbocycles. The highest BCUT2D eigenvalue weighted by atomic mass is 79.9. The standard InChI is InChI=1S/C29H28BrF3N6O2/c1-6-28(3,4)36-27-35-23-14-38(25(40)17-7-9-21(30)20(12-17)29(31,32)33)16(2)11-19(23)26(41)39(27)18-8-10-24-22(13-18)34-15-37(24)5/h6-10,12-13,15-16H,1,11,14H2,2-5H3,(H,35,36). The fourth-order valence-corrected chi connectivity index (χ4v) is 5.37. The van der Waals surface area contributed by atoms with E-state index >= 15 is 0 Å². The second-order valence-corrected chi connectivity index (χ2v) is 11.6. The van der Waals surface area contributed by atoms with E-state index in [4.69, 9.17) is 4.98 Å². The van der Waals surface area contributed by atoms with Crippen molar-refractivity contribution >= 4 is 38.8 Å². The second kappa shape index (κ2) is 10.2. The summed E-state index contributed by atoms with van der Waals surface area (Å²) in [4.78, 5) is 38.2. The number of imidazole rings is 1. The van der Waals surface area contributed by atoms with Crippen molar-refractivity contribution in [3.05, 3.63) is 92.6 Å². The molecule has 1 aliphatic heterocycles. The monoisotopic (exact) mass is 628 g/mol. The minimum Gasteiger partial charge on any atom is -0.347 e. The number of halogens is 4. The Balaban J connectivity index is 1.60. The Bertz CT molecular complexity index is 1760. The van der Waals surface area contributed by atoms with Crippen molar-refractivity contribution in [2.45, 2.75) is 51.5 Å². The van der Waals surface area contributed by atoms with Gasteiger partial charge in [-0.2, -0.15) is 13.2 Å². The predicted molar refractivity (Wildman–Crippen MR) is 154 cm³/mol. The van der Waals surface area contributed by atoms with Crippen LogP contribution in [0.4, 0.5) is 19.1 Å². The van der Waals surface area contributed by atoms with Crippen LogP contribution in [0, 0.1) is 0 Å². The normalized spacial score (nSPS) is 15.6. The summed E-state index contributed by atoms with van der Waals surface area (Å²) in [5.74, 6) is -0.326. The van der Waals surface area contributed by atoms with Crippen LogP contribution in [0.3, 0.4) is 0 Å². The number of hydrogen-bond acceptors (Lipinski definition) is 5. The number of amides is 1. The van der Waals surface area contributed by atoms with Crippen molar-refractivity contribution in [1.82, 2.24) is 24.0 Å². The molecule has 5 rings (SSSR count). The Morgan fingerprint density at radius 1 is 1.20 bits per heavy atom. The Morgan fingerprint density at radius 3 is 2.61 bits per heavy atom. The molecule has 8 nitrogen and oxygen atoms in total. The predicted octanol–water partition coefficient (Wildman–Crippen LogP) is 5.86. The lowest BCUT2D eigenvalue weighted by molar-refractivity contribution is -0.138. The molecule has 2 aromatic heterocycles. The van der Waals surface area contributed by atoms with Gasteiger partial charge in [0.15, 0.2) is 0 Å². The van der Waals surface area contributed by atoms with Crippen molar-refractivity contribution in [3.8, 4) is 5.69 Å². The van der Waals surface area contributed by atoms with Gasteiger partial charge in [-0.25, -0.2) is 14.5 Å². The lowest BCUT2D eigenvalue weighted by Crippen LogP contribution is -2.46. The van der Waals surface area contributed by atoms with E-state index in [1.807, 2.05) is 43.7 Å². The molecule has 0 fully saturated rings. The molecule has 12 heteroatoms. The Kier molecular flexibility index (Phi) is 7.09. The zero-order valence-electron chi connectivity index (χ0n) is 22.9. The van der Waals surface area contributed by atoms with Crippen LogP contribution in [-0.4, -0.2) is 41.5 Å². The van der Waals surface area contributed by atoms with Crippen molar-refractivity contribution in [3.63, 3.8) is 0 Å². The van der Waals surface area contributed by atoms with E-state index in [9.17, 15) is 22.8 Å². The molecule has 1 amide bonds. The van der Waals surface area contributed by atoms with Gasteiger partial charge in [-0.15, -0.1) is 6.58 Å². The molecule has 0 saturated carbocycles. The van der Waals surface area contributed by atoms with Crippen LogP contribution in [0.5, 0.6) is 0 Å². The minimum atomic E-state index is -4.63. The first kappa shape index (κ1) is 28.6. The smallest absolute Gasteiger partial charge is 0.347 e. The number of aryl methyl sites for hydroxylation is 1. The number of hydrogen-bond donors (Lipinski definition) is 1. The molecule has 4 aromatic rings. The highest BCUT2D eigenvalue weighted by Gasteiger charge is 2.36. The number of carbonyl (C=O) groups excluding carboxylic acids is 1. The van der Waals surface area contributed by atoms with Crippen LogP contribution in [0.1, 0.15) is 48.0 Å². The minimum absolute atomic E-state index is 0.0364. The van der Waals surface area contributed by atoms with Crippen LogP contribution < -0.4 is 10.9 Å². The topological polar surface area (TPSA) is 85.1 Å². The Hall–Kier alpha value is -3.93. The molecule has 0 aliphatic carbocycles. The third-order valence-electron chi connectivity index (χ3n) is 7.31. The zero-order chi connectivity index (χ0) is 29.9. The average Bonchev–Trinajstić information content (AvgIpc) is 3.28. The van der Waals surface area contributed by atoms with Gasteiger partial charge >= 0.3 is 6.18 Å². The van der Waals surface area contributed by atoms with Gasteiger partial charge in [-0.3, -0.25) is 9.59 Å². The van der Waals surface area contributed by atoms with Crippen LogP contribution in [0.2, 0.25) is 0 Å². The number of alkyl halides is 3. The molecule has 0 radical (unpaired) electrons. The van der Waals surface area contributed by atoms with E-state index in [2.05, 4.69) is 32.8 Å². The SMILES string of the molecule is C=CC(C)(C)Nc1nc2c(c(=O)n1-c1ccc3c(c1)ncn3C)CC(C)N(C(=O)c1ccc(Br)c(C(F)(F)F)c1)C2. The maximum Gasteiger partial charge on any atom is 0.417 e. The maximum absolute atomic E-state index is 14.0. The van der Waals surface area contributed by atoms with E-state index < -0.39 is 29.2 Å². The molecule has 0 spiro atoms.